The molecule has 0 aromatic heterocycles. The molecule has 9 nitrogen and oxygen atoms in total. The molecule has 186 valence electrons. The van der Waals surface area contributed by atoms with Gasteiger partial charge in [0, 0.05) is 29.9 Å². The van der Waals surface area contributed by atoms with Crippen molar-refractivity contribution in [3.05, 3.63) is 72.3 Å². The number of nitrogens with zero attached hydrogens (tertiary/aromatic N) is 1. The average molecular weight is 490 g/mol. The number of rotatable bonds is 9. The number of methoxy groups -OCH3 is 2. The van der Waals surface area contributed by atoms with E-state index in [2.05, 4.69) is 10.6 Å². The number of carbonyl (C=O) groups excluding carboxylic acids is 3. The fourth-order valence-electron chi connectivity index (χ4n) is 3.88. The minimum atomic E-state index is -0.375. The molecular formula is C27H27N3O6. The molecule has 1 aliphatic rings. The third kappa shape index (κ3) is 5.75. The quantitative estimate of drug-likeness (QED) is 0.469. The van der Waals surface area contributed by atoms with Crippen LogP contribution in [0, 0.1) is 0 Å². The van der Waals surface area contributed by atoms with E-state index in [4.69, 9.17) is 14.2 Å². The SMILES string of the molecule is COc1ccccc1NC(=O)COc1ccc(C(=O)Nc2cccc(N3CCCC3=O)c2)cc1OC. The summed E-state index contributed by atoms with van der Waals surface area (Å²) in [6.45, 7) is 0.410. The first-order valence-corrected chi connectivity index (χ1v) is 11.4. The summed E-state index contributed by atoms with van der Waals surface area (Å²) >= 11 is 0. The van der Waals surface area contributed by atoms with Gasteiger partial charge in [0.1, 0.15) is 5.75 Å². The van der Waals surface area contributed by atoms with E-state index in [1.165, 1.54) is 20.3 Å². The van der Waals surface area contributed by atoms with Crippen LogP contribution in [0.15, 0.2) is 66.7 Å². The number of nitrogens with one attached hydrogen (secondary N) is 2. The Bertz CT molecular complexity index is 1280. The highest BCUT2D eigenvalue weighted by atomic mass is 16.5. The van der Waals surface area contributed by atoms with Crippen molar-refractivity contribution in [2.75, 3.05) is 42.9 Å². The zero-order valence-corrected chi connectivity index (χ0v) is 20.1. The summed E-state index contributed by atoms with van der Waals surface area (Å²) in [5.74, 6) is 0.521. The molecule has 36 heavy (non-hydrogen) atoms. The Labute approximate surface area is 209 Å². The number of para-hydroxylation sites is 2. The Morgan fingerprint density at radius 3 is 2.44 bits per heavy atom. The number of hydrogen-bond acceptors (Lipinski definition) is 6. The molecule has 9 heteroatoms. The lowest BCUT2D eigenvalue weighted by molar-refractivity contribution is -0.118. The third-order valence-electron chi connectivity index (χ3n) is 5.65. The van der Waals surface area contributed by atoms with Crippen LogP contribution in [-0.2, 0) is 9.59 Å². The summed E-state index contributed by atoms with van der Waals surface area (Å²) in [4.78, 5) is 39.0. The first-order valence-electron chi connectivity index (χ1n) is 11.4. The first-order chi connectivity index (χ1) is 17.5. The van der Waals surface area contributed by atoms with Crippen molar-refractivity contribution >= 4 is 34.8 Å². The predicted molar refractivity (Wildman–Crippen MR) is 136 cm³/mol. The molecule has 1 fully saturated rings. The van der Waals surface area contributed by atoms with E-state index in [1.807, 2.05) is 6.07 Å². The van der Waals surface area contributed by atoms with Crippen molar-refractivity contribution in [1.29, 1.82) is 0 Å². The lowest BCUT2D eigenvalue weighted by Crippen LogP contribution is -2.23. The van der Waals surface area contributed by atoms with Gasteiger partial charge in [0.25, 0.3) is 11.8 Å². The molecule has 0 bridgehead atoms. The molecule has 0 saturated carbocycles. The molecule has 0 unspecified atom stereocenters. The third-order valence-corrected chi connectivity index (χ3v) is 5.65. The summed E-state index contributed by atoms with van der Waals surface area (Å²) in [5.41, 5.74) is 2.21. The predicted octanol–water partition coefficient (Wildman–Crippen LogP) is 4.10. The minimum Gasteiger partial charge on any atom is -0.495 e. The molecule has 2 N–H and O–H groups in total. The molecule has 3 amide bonds. The van der Waals surface area contributed by atoms with E-state index in [0.29, 0.717) is 47.2 Å². The lowest BCUT2D eigenvalue weighted by atomic mass is 10.1. The van der Waals surface area contributed by atoms with Gasteiger partial charge in [-0.05, 0) is 55.0 Å². The van der Waals surface area contributed by atoms with Gasteiger partial charge < -0.3 is 29.7 Å². The van der Waals surface area contributed by atoms with E-state index in [9.17, 15) is 14.4 Å². The Balaban J connectivity index is 1.39. The Morgan fingerprint density at radius 1 is 0.889 bits per heavy atom. The number of benzene rings is 3. The molecule has 1 saturated heterocycles. The molecule has 4 rings (SSSR count). The summed E-state index contributed by atoms with van der Waals surface area (Å²) in [6, 6.07) is 18.9. The van der Waals surface area contributed by atoms with Gasteiger partial charge in [0.15, 0.2) is 18.1 Å². The Hall–Kier alpha value is -4.53. The van der Waals surface area contributed by atoms with Gasteiger partial charge >= 0.3 is 0 Å². The van der Waals surface area contributed by atoms with Gasteiger partial charge in [-0.2, -0.15) is 0 Å². The van der Waals surface area contributed by atoms with Crippen LogP contribution in [0.4, 0.5) is 17.1 Å². The zero-order chi connectivity index (χ0) is 25.5. The normalized spacial score (nSPS) is 12.7. The zero-order valence-electron chi connectivity index (χ0n) is 20.1. The molecular weight excluding hydrogens is 462 g/mol. The second-order valence-electron chi connectivity index (χ2n) is 8.06. The van der Waals surface area contributed by atoms with Gasteiger partial charge in [-0.3, -0.25) is 14.4 Å². The van der Waals surface area contributed by atoms with Crippen LogP contribution < -0.4 is 29.7 Å². The fourth-order valence-corrected chi connectivity index (χ4v) is 3.88. The lowest BCUT2D eigenvalue weighted by Gasteiger charge is -2.17. The largest absolute Gasteiger partial charge is 0.495 e. The Kier molecular flexibility index (Phi) is 7.69. The van der Waals surface area contributed by atoms with Crippen molar-refractivity contribution < 1.29 is 28.6 Å². The van der Waals surface area contributed by atoms with Crippen LogP contribution in [-0.4, -0.2) is 45.1 Å². The second-order valence-corrected chi connectivity index (χ2v) is 8.06. The number of anilines is 3. The summed E-state index contributed by atoms with van der Waals surface area (Å²) < 4.78 is 16.2. The molecule has 0 spiro atoms. The van der Waals surface area contributed by atoms with Crippen LogP contribution in [0.25, 0.3) is 0 Å². The highest BCUT2D eigenvalue weighted by molar-refractivity contribution is 6.05. The van der Waals surface area contributed by atoms with E-state index >= 15 is 0 Å². The van der Waals surface area contributed by atoms with Crippen molar-refractivity contribution in [3.8, 4) is 17.2 Å². The van der Waals surface area contributed by atoms with Gasteiger partial charge in [-0.15, -0.1) is 0 Å². The van der Waals surface area contributed by atoms with E-state index in [0.717, 1.165) is 12.1 Å². The van der Waals surface area contributed by atoms with Crippen LogP contribution in [0.1, 0.15) is 23.2 Å². The van der Waals surface area contributed by atoms with Gasteiger partial charge in [-0.25, -0.2) is 0 Å². The van der Waals surface area contributed by atoms with Crippen LogP contribution in [0.3, 0.4) is 0 Å². The van der Waals surface area contributed by atoms with Crippen molar-refractivity contribution in [3.63, 3.8) is 0 Å². The smallest absolute Gasteiger partial charge is 0.262 e. The molecule has 0 radical (unpaired) electrons. The topological polar surface area (TPSA) is 106 Å². The Morgan fingerprint density at radius 2 is 1.69 bits per heavy atom. The highest BCUT2D eigenvalue weighted by Crippen LogP contribution is 2.30. The highest BCUT2D eigenvalue weighted by Gasteiger charge is 2.22. The molecule has 1 aliphatic heterocycles. The fraction of sp³-hybridized carbons (Fsp3) is 0.222. The minimum absolute atomic E-state index is 0.0791. The summed E-state index contributed by atoms with van der Waals surface area (Å²) in [7, 11) is 2.98. The van der Waals surface area contributed by atoms with Crippen LogP contribution in [0.5, 0.6) is 17.2 Å². The van der Waals surface area contributed by atoms with Gasteiger partial charge in [0.2, 0.25) is 5.91 Å². The molecule has 0 aliphatic carbocycles. The summed E-state index contributed by atoms with van der Waals surface area (Å²) in [5, 5.41) is 5.58. The average Bonchev–Trinajstić information content (AvgIpc) is 3.33. The first kappa shape index (κ1) is 24.6. The van der Waals surface area contributed by atoms with E-state index < -0.39 is 0 Å². The molecule has 3 aromatic rings. The van der Waals surface area contributed by atoms with E-state index in [1.54, 1.807) is 59.5 Å². The van der Waals surface area contributed by atoms with Crippen molar-refractivity contribution in [1.82, 2.24) is 0 Å². The molecule has 0 atom stereocenters. The number of carbonyl (C=O) groups is 3. The van der Waals surface area contributed by atoms with Gasteiger partial charge in [0.05, 0.1) is 19.9 Å². The number of amides is 3. The number of hydrogen-bond donors (Lipinski definition) is 2. The standard InChI is InChI=1S/C27H27N3O6/c1-34-22-10-4-3-9-21(22)29-25(31)17-36-23-13-12-18(15-24(23)35-2)27(33)28-19-7-5-8-20(16-19)30-14-6-11-26(30)32/h3-5,7-10,12-13,15-16H,6,11,14,17H2,1-2H3,(H,28,33)(H,29,31). The monoisotopic (exact) mass is 489 g/mol. The van der Waals surface area contributed by atoms with Gasteiger partial charge in [-0.1, -0.05) is 18.2 Å². The molecule has 1 heterocycles. The summed E-state index contributed by atoms with van der Waals surface area (Å²) in [6.07, 6.45) is 1.36. The maximum Gasteiger partial charge on any atom is 0.262 e. The molecule has 3 aromatic carbocycles. The second kappa shape index (κ2) is 11.3. The van der Waals surface area contributed by atoms with Crippen molar-refractivity contribution in [2.45, 2.75) is 12.8 Å². The van der Waals surface area contributed by atoms with Crippen molar-refractivity contribution in [2.24, 2.45) is 0 Å². The maximum absolute atomic E-state index is 12.9. The number of ether oxygens (including phenoxy) is 3. The van der Waals surface area contributed by atoms with Crippen LogP contribution >= 0.6 is 0 Å². The maximum atomic E-state index is 12.9. The van der Waals surface area contributed by atoms with Crippen LogP contribution in [0.2, 0.25) is 0 Å². The van der Waals surface area contributed by atoms with E-state index in [-0.39, 0.29) is 24.3 Å².